The summed E-state index contributed by atoms with van der Waals surface area (Å²) in [5.74, 6) is 0.223. The number of aromatic nitrogens is 1. The van der Waals surface area contributed by atoms with Crippen LogP contribution in [0.5, 0.6) is 0 Å². The van der Waals surface area contributed by atoms with E-state index in [1.165, 1.54) is 16.9 Å². The van der Waals surface area contributed by atoms with Gasteiger partial charge < -0.3 is 4.74 Å². The zero-order chi connectivity index (χ0) is 14.0. The first-order chi connectivity index (χ1) is 9.86. The molecule has 4 heteroatoms. The van der Waals surface area contributed by atoms with Crippen LogP contribution >= 0.6 is 11.3 Å². The first kappa shape index (κ1) is 14.9. The van der Waals surface area contributed by atoms with Gasteiger partial charge in [0.1, 0.15) is 0 Å². The minimum atomic E-state index is 0.223. The van der Waals surface area contributed by atoms with Gasteiger partial charge in [0.15, 0.2) is 5.78 Å². The molecule has 0 aromatic carbocycles. The molecule has 0 aliphatic rings. The Morgan fingerprint density at radius 2 is 1.95 bits per heavy atom. The molecule has 0 N–H and O–H groups in total. The minimum Gasteiger partial charge on any atom is -0.381 e. The van der Waals surface area contributed by atoms with Crippen LogP contribution in [-0.2, 0) is 11.2 Å². The van der Waals surface area contributed by atoms with E-state index in [1.54, 1.807) is 0 Å². The standard InChI is InChI=1S/C16H19NO2S/c18-15(16-6-3-13-20-16)5-2-12-19-11-1-4-14-7-9-17-10-8-14/h3,6-10,13H,1-2,4-5,11-12H2. The first-order valence-electron chi connectivity index (χ1n) is 6.89. The molecule has 106 valence electrons. The molecule has 0 unspecified atom stereocenters. The predicted molar refractivity (Wildman–Crippen MR) is 81.3 cm³/mol. The summed E-state index contributed by atoms with van der Waals surface area (Å²) in [7, 11) is 0. The summed E-state index contributed by atoms with van der Waals surface area (Å²) < 4.78 is 5.56. The Labute approximate surface area is 123 Å². The molecule has 2 aromatic heterocycles. The number of thiophene rings is 1. The van der Waals surface area contributed by atoms with E-state index in [4.69, 9.17) is 4.74 Å². The van der Waals surface area contributed by atoms with Crippen molar-refractivity contribution in [3.8, 4) is 0 Å². The van der Waals surface area contributed by atoms with Crippen LogP contribution in [0.1, 0.15) is 34.5 Å². The molecule has 0 aliphatic heterocycles. The van der Waals surface area contributed by atoms with Gasteiger partial charge in [-0.25, -0.2) is 0 Å². The van der Waals surface area contributed by atoms with Gasteiger partial charge in [0, 0.05) is 32.0 Å². The fourth-order valence-electron chi connectivity index (χ4n) is 1.93. The van der Waals surface area contributed by atoms with Crippen LogP contribution in [0.2, 0.25) is 0 Å². The van der Waals surface area contributed by atoms with Crippen molar-refractivity contribution >= 4 is 17.1 Å². The number of hydrogen-bond donors (Lipinski definition) is 0. The summed E-state index contributed by atoms with van der Waals surface area (Å²) in [5.41, 5.74) is 1.29. The summed E-state index contributed by atoms with van der Waals surface area (Å²) in [6, 6.07) is 7.84. The molecule has 0 amide bonds. The van der Waals surface area contributed by atoms with Crippen molar-refractivity contribution in [3.63, 3.8) is 0 Å². The molecule has 20 heavy (non-hydrogen) atoms. The highest BCUT2D eigenvalue weighted by Crippen LogP contribution is 2.12. The normalized spacial score (nSPS) is 10.6. The smallest absolute Gasteiger partial charge is 0.172 e. The highest BCUT2D eigenvalue weighted by molar-refractivity contribution is 7.12. The zero-order valence-electron chi connectivity index (χ0n) is 11.5. The number of pyridine rings is 1. The van der Waals surface area contributed by atoms with Crippen LogP contribution in [0.25, 0.3) is 0 Å². The molecule has 0 spiro atoms. The van der Waals surface area contributed by atoms with Gasteiger partial charge in [-0.3, -0.25) is 9.78 Å². The molecule has 0 saturated carbocycles. The van der Waals surface area contributed by atoms with Gasteiger partial charge in [0.2, 0.25) is 0 Å². The highest BCUT2D eigenvalue weighted by Gasteiger charge is 2.05. The molecule has 2 rings (SSSR count). The second-order valence-corrected chi connectivity index (χ2v) is 5.52. The molecule has 0 aliphatic carbocycles. The maximum atomic E-state index is 11.7. The summed E-state index contributed by atoms with van der Waals surface area (Å²) >= 11 is 1.51. The second-order valence-electron chi connectivity index (χ2n) is 4.58. The molecule has 2 heterocycles. The van der Waals surface area contributed by atoms with Gasteiger partial charge in [0.25, 0.3) is 0 Å². The summed E-state index contributed by atoms with van der Waals surface area (Å²) in [6.07, 6.45) is 7.01. The van der Waals surface area contributed by atoms with Gasteiger partial charge in [0.05, 0.1) is 4.88 Å². The van der Waals surface area contributed by atoms with Gasteiger partial charge >= 0.3 is 0 Å². The average Bonchev–Trinajstić information content (AvgIpc) is 3.01. The number of hydrogen-bond acceptors (Lipinski definition) is 4. The van der Waals surface area contributed by atoms with Gasteiger partial charge in [-0.15, -0.1) is 11.3 Å². The van der Waals surface area contributed by atoms with Crippen LogP contribution < -0.4 is 0 Å². The lowest BCUT2D eigenvalue weighted by Gasteiger charge is -2.04. The SMILES string of the molecule is O=C(CCCOCCCc1ccncc1)c1cccs1. The van der Waals surface area contributed by atoms with Crippen molar-refractivity contribution in [3.05, 3.63) is 52.5 Å². The van der Waals surface area contributed by atoms with Gasteiger partial charge in [-0.05, 0) is 48.4 Å². The van der Waals surface area contributed by atoms with Crippen molar-refractivity contribution in [2.75, 3.05) is 13.2 Å². The van der Waals surface area contributed by atoms with Crippen LogP contribution in [0.4, 0.5) is 0 Å². The van der Waals surface area contributed by atoms with E-state index in [-0.39, 0.29) is 5.78 Å². The quantitative estimate of drug-likeness (QED) is 0.521. The van der Waals surface area contributed by atoms with E-state index in [0.29, 0.717) is 13.0 Å². The number of nitrogens with zero attached hydrogens (tertiary/aromatic N) is 1. The van der Waals surface area contributed by atoms with Crippen LogP contribution in [0, 0.1) is 0 Å². The van der Waals surface area contributed by atoms with Crippen molar-refractivity contribution in [2.45, 2.75) is 25.7 Å². The van der Waals surface area contributed by atoms with Crippen molar-refractivity contribution in [2.24, 2.45) is 0 Å². The van der Waals surface area contributed by atoms with Gasteiger partial charge in [-0.1, -0.05) is 6.07 Å². The first-order valence-corrected chi connectivity index (χ1v) is 7.77. The number of aryl methyl sites for hydroxylation is 1. The van der Waals surface area contributed by atoms with E-state index >= 15 is 0 Å². The lowest BCUT2D eigenvalue weighted by molar-refractivity contribution is 0.0939. The highest BCUT2D eigenvalue weighted by atomic mass is 32.1. The third-order valence-electron chi connectivity index (χ3n) is 2.99. The zero-order valence-corrected chi connectivity index (χ0v) is 12.3. The van der Waals surface area contributed by atoms with E-state index in [1.807, 2.05) is 42.0 Å². The molecule has 0 fully saturated rings. The Balaban J connectivity index is 1.49. The Morgan fingerprint density at radius 3 is 2.70 bits per heavy atom. The number of Topliss-reactive ketones (excluding diaryl/α,β-unsaturated/α-hetero) is 1. The van der Waals surface area contributed by atoms with Crippen LogP contribution in [0.3, 0.4) is 0 Å². The van der Waals surface area contributed by atoms with Crippen molar-refractivity contribution in [1.29, 1.82) is 0 Å². The number of carbonyl (C=O) groups excluding carboxylic acids is 1. The summed E-state index contributed by atoms with van der Waals surface area (Å²) in [4.78, 5) is 16.6. The topological polar surface area (TPSA) is 39.2 Å². The van der Waals surface area contributed by atoms with Crippen LogP contribution in [0.15, 0.2) is 42.0 Å². The summed E-state index contributed by atoms with van der Waals surface area (Å²) in [5, 5.41) is 1.93. The molecular formula is C16H19NO2S. The van der Waals surface area contributed by atoms with E-state index in [9.17, 15) is 4.79 Å². The third kappa shape index (κ3) is 5.23. The molecule has 0 atom stereocenters. The molecular weight excluding hydrogens is 270 g/mol. The van der Waals surface area contributed by atoms with E-state index in [0.717, 1.165) is 30.7 Å². The fourth-order valence-corrected chi connectivity index (χ4v) is 2.62. The lowest BCUT2D eigenvalue weighted by Crippen LogP contribution is -2.02. The second kappa shape index (κ2) is 8.61. The Morgan fingerprint density at radius 1 is 1.15 bits per heavy atom. The molecule has 3 nitrogen and oxygen atoms in total. The molecule has 0 saturated heterocycles. The molecule has 2 aromatic rings. The maximum Gasteiger partial charge on any atom is 0.172 e. The average molecular weight is 289 g/mol. The number of ketones is 1. The molecule has 0 bridgehead atoms. The maximum absolute atomic E-state index is 11.7. The van der Waals surface area contributed by atoms with Crippen LogP contribution in [-0.4, -0.2) is 24.0 Å². The Kier molecular flexibility index (Phi) is 6.41. The largest absolute Gasteiger partial charge is 0.381 e. The van der Waals surface area contributed by atoms with E-state index < -0.39 is 0 Å². The Bertz CT molecular complexity index is 496. The Hall–Kier alpha value is -1.52. The lowest BCUT2D eigenvalue weighted by atomic mass is 10.1. The monoisotopic (exact) mass is 289 g/mol. The summed E-state index contributed by atoms with van der Waals surface area (Å²) in [6.45, 7) is 1.41. The molecule has 0 radical (unpaired) electrons. The number of carbonyl (C=O) groups is 1. The number of rotatable bonds is 9. The number of ether oxygens (including phenoxy) is 1. The van der Waals surface area contributed by atoms with E-state index in [2.05, 4.69) is 4.98 Å². The van der Waals surface area contributed by atoms with Gasteiger partial charge in [-0.2, -0.15) is 0 Å². The predicted octanol–water partition coefficient (Wildman–Crippen LogP) is 3.76. The minimum absolute atomic E-state index is 0.223. The fraction of sp³-hybridized carbons (Fsp3) is 0.375. The van der Waals surface area contributed by atoms with Crippen molar-refractivity contribution < 1.29 is 9.53 Å². The van der Waals surface area contributed by atoms with Crippen molar-refractivity contribution in [1.82, 2.24) is 4.98 Å². The third-order valence-corrected chi connectivity index (χ3v) is 3.90.